The predicted octanol–water partition coefficient (Wildman–Crippen LogP) is -2.84. The Balaban J connectivity index is 0.00000132. The van der Waals surface area contributed by atoms with Gasteiger partial charge in [-0.1, -0.05) is 6.07 Å². The van der Waals surface area contributed by atoms with E-state index in [1.165, 1.54) is 16.2 Å². The van der Waals surface area contributed by atoms with Crippen molar-refractivity contribution in [2.75, 3.05) is 6.54 Å². The van der Waals surface area contributed by atoms with Crippen LogP contribution < -0.4 is 34.9 Å². The van der Waals surface area contributed by atoms with Crippen LogP contribution >= 0.6 is 11.3 Å². The number of nitrogens with one attached hydrogen (secondary N) is 1. The molecule has 2 atom stereocenters. The molecule has 0 bridgehead atoms. The SMILES string of the molecule is O=C(NCc1cccs1)N1CC[C@@H]2[C@H]1C(=O)N2S(=O)(=O)O.[H-].[Na+]. The number of β-lactam (4-membered cyclic amide) rings is 1. The number of likely N-dealkylation sites (tertiary alicyclic amines) is 1. The molecule has 3 amide bonds. The molecule has 1 aromatic rings. The summed E-state index contributed by atoms with van der Waals surface area (Å²) >= 11 is 1.51. The molecule has 2 aliphatic rings. The average molecular weight is 355 g/mol. The third-order valence-electron chi connectivity index (χ3n) is 3.64. The summed E-state index contributed by atoms with van der Waals surface area (Å²) in [7, 11) is -4.54. The van der Waals surface area contributed by atoms with Crippen molar-refractivity contribution in [3.05, 3.63) is 22.4 Å². The predicted molar refractivity (Wildman–Crippen MR) is 75.0 cm³/mol. The van der Waals surface area contributed by atoms with Gasteiger partial charge in [-0.25, -0.2) is 9.10 Å². The van der Waals surface area contributed by atoms with Gasteiger partial charge in [0.15, 0.2) is 0 Å². The van der Waals surface area contributed by atoms with Crippen LogP contribution in [0.5, 0.6) is 0 Å². The Morgan fingerprint density at radius 2 is 2.27 bits per heavy atom. The normalized spacial score (nSPS) is 23.6. The summed E-state index contributed by atoms with van der Waals surface area (Å²) in [6, 6.07) is 1.90. The van der Waals surface area contributed by atoms with Crippen molar-refractivity contribution in [2.24, 2.45) is 0 Å². The summed E-state index contributed by atoms with van der Waals surface area (Å²) in [6.07, 6.45) is 0.336. The van der Waals surface area contributed by atoms with Crippen LogP contribution in [0.4, 0.5) is 4.79 Å². The molecule has 0 radical (unpaired) electrons. The van der Waals surface area contributed by atoms with E-state index in [1.54, 1.807) is 0 Å². The number of hydrogen-bond acceptors (Lipinski definition) is 5. The molecule has 3 heterocycles. The topological polar surface area (TPSA) is 107 Å². The standard InChI is InChI=1S/C11H13N3O5S2.Na.H/c15-10-9-8(14(10)21(17,18)19)3-4-13(9)11(16)12-6-7-2-1-5-20-7;;/h1-2,5,8-9H,3-4,6H2,(H,12,16)(H,17,18,19);;/q;+1;-1/t8-,9+;;/m1../s1. The van der Waals surface area contributed by atoms with Gasteiger partial charge in [0.1, 0.15) is 6.04 Å². The Kier molecular flexibility index (Phi) is 5.20. The van der Waals surface area contributed by atoms with E-state index in [4.69, 9.17) is 4.55 Å². The Morgan fingerprint density at radius 3 is 2.86 bits per heavy atom. The Labute approximate surface area is 155 Å². The smallest absolute Gasteiger partial charge is 1.00 e. The van der Waals surface area contributed by atoms with Crippen LogP contribution in [0, 0.1) is 0 Å². The molecule has 0 saturated carbocycles. The quantitative estimate of drug-likeness (QED) is 0.345. The van der Waals surface area contributed by atoms with Crippen LogP contribution in [0.25, 0.3) is 0 Å². The van der Waals surface area contributed by atoms with E-state index in [1.807, 2.05) is 17.5 Å². The third kappa shape index (κ3) is 3.03. The van der Waals surface area contributed by atoms with Crippen molar-refractivity contribution in [3.63, 3.8) is 0 Å². The molecule has 2 aliphatic heterocycles. The molecule has 11 heteroatoms. The van der Waals surface area contributed by atoms with E-state index < -0.39 is 34.3 Å². The number of thiophene rings is 1. The van der Waals surface area contributed by atoms with Gasteiger partial charge in [0.05, 0.1) is 12.6 Å². The van der Waals surface area contributed by atoms with Gasteiger partial charge >= 0.3 is 45.9 Å². The molecular formula is C11H14N3NaO5S2. The fourth-order valence-corrected chi connectivity index (χ4v) is 4.26. The summed E-state index contributed by atoms with van der Waals surface area (Å²) < 4.78 is 31.6. The van der Waals surface area contributed by atoms with E-state index in [0.717, 1.165) is 4.88 Å². The van der Waals surface area contributed by atoms with Crippen LogP contribution in [0.15, 0.2) is 17.5 Å². The van der Waals surface area contributed by atoms with Crippen molar-refractivity contribution >= 4 is 33.6 Å². The Hall–Kier alpha value is -0.650. The molecule has 2 N–H and O–H groups in total. The third-order valence-corrected chi connectivity index (χ3v) is 5.47. The molecule has 116 valence electrons. The molecular weight excluding hydrogens is 341 g/mol. The second-order valence-electron chi connectivity index (χ2n) is 4.84. The molecule has 2 saturated heterocycles. The summed E-state index contributed by atoms with van der Waals surface area (Å²) in [6.45, 7) is 0.643. The molecule has 0 aromatic carbocycles. The number of urea groups is 1. The molecule has 2 fully saturated rings. The fourth-order valence-electron chi connectivity index (χ4n) is 2.72. The molecule has 3 rings (SSSR count). The molecule has 8 nitrogen and oxygen atoms in total. The van der Waals surface area contributed by atoms with Crippen LogP contribution in [-0.4, -0.2) is 52.7 Å². The maximum Gasteiger partial charge on any atom is 1.00 e. The Bertz CT molecular complexity index is 684. The summed E-state index contributed by atoms with van der Waals surface area (Å²) in [4.78, 5) is 26.2. The zero-order chi connectivity index (χ0) is 15.2. The minimum Gasteiger partial charge on any atom is -1.00 e. The summed E-state index contributed by atoms with van der Waals surface area (Å²) in [5, 5.41) is 4.60. The van der Waals surface area contributed by atoms with E-state index in [2.05, 4.69) is 5.32 Å². The van der Waals surface area contributed by atoms with Crippen molar-refractivity contribution < 1.29 is 53.5 Å². The van der Waals surface area contributed by atoms with Crippen molar-refractivity contribution in [3.8, 4) is 0 Å². The minimum absolute atomic E-state index is 0. The summed E-state index contributed by atoms with van der Waals surface area (Å²) in [5.74, 6) is -0.758. The van der Waals surface area contributed by atoms with E-state index in [9.17, 15) is 18.0 Å². The van der Waals surface area contributed by atoms with Gasteiger partial charge in [-0.15, -0.1) is 11.3 Å². The number of fused-ring (bicyclic) bond motifs is 1. The molecule has 0 aliphatic carbocycles. The maximum absolute atomic E-state index is 12.1. The largest absolute Gasteiger partial charge is 1.00 e. The van der Waals surface area contributed by atoms with Crippen LogP contribution in [-0.2, 0) is 21.6 Å². The van der Waals surface area contributed by atoms with Gasteiger partial charge < -0.3 is 11.6 Å². The van der Waals surface area contributed by atoms with Crippen LogP contribution in [0.3, 0.4) is 0 Å². The fraction of sp³-hybridized carbons (Fsp3) is 0.455. The zero-order valence-electron chi connectivity index (χ0n) is 12.8. The molecule has 0 spiro atoms. The molecule has 0 unspecified atom stereocenters. The number of carbonyl (C=O) groups excluding carboxylic acids is 2. The molecule has 1 aromatic heterocycles. The van der Waals surface area contributed by atoms with Crippen LogP contribution in [0.2, 0.25) is 0 Å². The van der Waals surface area contributed by atoms with Gasteiger partial charge in [0.2, 0.25) is 0 Å². The van der Waals surface area contributed by atoms with E-state index >= 15 is 0 Å². The number of amides is 3. The van der Waals surface area contributed by atoms with E-state index in [-0.39, 0.29) is 37.5 Å². The van der Waals surface area contributed by atoms with Gasteiger partial charge in [0, 0.05) is 11.4 Å². The van der Waals surface area contributed by atoms with E-state index in [0.29, 0.717) is 17.3 Å². The van der Waals surface area contributed by atoms with Crippen LogP contribution in [0.1, 0.15) is 12.7 Å². The Morgan fingerprint density at radius 1 is 1.55 bits per heavy atom. The number of hydrogen-bond donors (Lipinski definition) is 2. The van der Waals surface area contributed by atoms with Gasteiger partial charge in [0.25, 0.3) is 5.91 Å². The second kappa shape index (κ2) is 6.46. The van der Waals surface area contributed by atoms with Crippen molar-refractivity contribution in [1.82, 2.24) is 14.5 Å². The number of rotatable bonds is 3. The zero-order valence-corrected chi connectivity index (χ0v) is 15.4. The maximum atomic E-state index is 12.1. The van der Waals surface area contributed by atoms with Crippen molar-refractivity contribution in [1.29, 1.82) is 0 Å². The first-order valence-corrected chi connectivity index (χ1v) is 8.55. The number of carbonyl (C=O) groups is 2. The summed E-state index contributed by atoms with van der Waals surface area (Å²) in [5.41, 5.74) is 0. The van der Waals surface area contributed by atoms with Gasteiger partial charge in [-0.2, -0.15) is 8.42 Å². The van der Waals surface area contributed by atoms with Crippen molar-refractivity contribution in [2.45, 2.75) is 25.0 Å². The minimum atomic E-state index is -4.54. The molecule has 22 heavy (non-hydrogen) atoms. The van der Waals surface area contributed by atoms with Gasteiger partial charge in [-0.05, 0) is 17.9 Å². The first-order valence-electron chi connectivity index (χ1n) is 6.27. The average Bonchev–Trinajstić information content (AvgIpc) is 3.00. The van der Waals surface area contributed by atoms with Gasteiger partial charge in [-0.3, -0.25) is 9.35 Å². The number of nitrogens with zero attached hydrogens (tertiary/aromatic N) is 2. The monoisotopic (exact) mass is 355 g/mol. The second-order valence-corrected chi connectivity index (χ2v) is 7.17. The first kappa shape index (κ1) is 17.7. The first-order chi connectivity index (χ1) is 9.89.